The molecule has 0 fully saturated rings. The highest BCUT2D eigenvalue weighted by atomic mass is 16.1. The van der Waals surface area contributed by atoms with Gasteiger partial charge in [0.2, 0.25) is 0 Å². The van der Waals surface area contributed by atoms with Crippen LogP contribution < -0.4 is 0 Å². The summed E-state index contributed by atoms with van der Waals surface area (Å²) in [6.07, 6.45) is 6.64. The molecule has 2 atom stereocenters. The van der Waals surface area contributed by atoms with Gasteiger partial charge in [-0.15, -0.1) is 0 Å². The summed E-state index contributed by atoms with van der Waals surface area (Å²) in [5.41, 5.74) is 3.67. The Labute approximate surface area is 211 Å². The Hall–Kier alpha value is -2.61. The summed E-state index contributed by atoms with van der Waals surface area (Å²) in [6, 6.07) is 19.7. The number of hydrogen-bond acceptors (Lipinski definition) is 1. The molecule has 186 valence electrons. The maximum absolute atomic E-state index is 13.3. The van der Waals surface area contributed by atoms with E-state index >= 15 is 0 Å². The maximum Gasteiger partial charge on any atom is 0.163 e. The molecule has 1 heterocycles. The summed E-state index contributed by atoms with van der Waals surface area (Å²) in [5.74, 6) is 1.30. The number of Topliss-reactive ketones (excluding diaryl/α,β-unsaturated/α-hetero) is 1. The fraction of sp³-hybridized carbons (Fsp3) is 0.485. The molecular formula is C33H43NO. The molecule has 0 radical (unpaired) electrons. The molecule has 0 saturated heterocycles. The number of aromatic nitrogens is 1. The molecule has 4 aromatic rings. The number of unbranched alkanes of at least 4 members (excludes halogenated alkanes) is 1. The second-order valence-electron chi connectivity index (χ2n) is 11.9. The van der Waals surface area contributed by atoms with E-state index in [1.807, 2.05) is 0 Å². The SMILES string of the molecule is CCCCC(CC)Cn1c2ccc(C(=O)CC(C)CC(C)(C)C)cc2c2ccc3ccccc3c21. The zero-order valence-electron chi connectivity index (χ0n) is 22.7. The first-order chi connectivity index (χ1) is 16.7. The van der Waals surface area contributed by atoms with Gasteiger partial charge in [-0.2, -0.15) is 0 Å². The number of fused-ring (bicyclic) bond motifs is 5. The van der Waals surface area contributed by atoms with Crippen LogP contribution in [0.3, 0.4) is 0 Å². The highest BCUT2D eigenvalue weighted by Crippen LogP contribution is 2.36. The van der Waals surface area contributed by atoms with E-state index in [9.17, 15) is 4.79 Å². The lowest BCUT2D eigenvalue weighted by Crippen LogP contribution is -2.14. The summed E-state index contributed by atoms with van der Waals surface area (Å²) in [4.78, 5) is 13.3. The summed E-state index contributed by atoms with van der Waals surface area (Å²) in [6.45, 7) is 14.6. The molecule has 2 nitrogen and oxygen atoms in total. The number of benzene rings is 3. The van der Waals surface area contributed by atoms with Crippen LogP contribution in [0.25, 0.3) is 32.6 Å². The average molecular weight is 470 g/mol. The molecule has 4 rings (SSSR count). The van der Waals surface area contributed by atoms with Gasteiger partial charge in [-0.3, -0.25) is 4.79 Å². The zero-order chi connectivity index (χ0) is 25.2. The maximum atomic E-state index is 13.3. The van der Waals surface area contributed by atoms with E-state index in [-0.39, 0.29) is 11.2 Å². The van der Waals surface area contributed by atoms with Crippen LogP contribution >= 0.6 is 0 Å². The van der Waals surface area contributed by atoms with Crippen molar-refractivity contribution in [2.45, 2.75) is 86.6 Å². The van der Waals surface area contributed by atoms with Crippen molar-refractivity contribution in [2.75, 3.05) is 0 Å². The van der Waals surface area contributed by atoms with Crippen LogP contribution in [-0.2, 0) is 6.54 Å². The molecule has 0 saturated carbocycles. The molecule has 0 amide bonds. The van der Waals surface area contributed by atoms with Gasteiger partial charge in [-0.05, 0) is 53.7 Å². The third-order valence-electron chi connectivity index (χ3n) is 7.55. The Morgan fingerprint density at radius 3 is 2.43 bits per heavy atom. The second kappa shape index (κ2) is 10.6. The molecule has 0 aliphatic carbocycles. The minimum absolute atomic E-state index is 0.242. The highest BCUT2D eigenvalue weighted by molar-refractivity contribution is 6.18. The van der Waals surface area contributed by atoms with Gasteiger partial charge in [-0.25, -0.2) is 0 Å². The van der Waals surface area contributed by atoms with Crippen LogP contribution in [-0.4, -0.2) is 10.4 Å². The van der Waals surface area contributed by atoms with Gasteiger partial charge >= 0.3 is 0 Å². The molecule has 1 aromatic heterocycles. The molecular weight excluding hydrogens is 426 g/mol. The number of hydrogen-bond donors (Lipinski definition) is 0. The minimum atomic E-state index is 0.242. The quantitative estimate of drug-likeness (QED) is 0.212. The van der Waals surface area contributed by atoms with Crippen molar-refractivity contribution in [2.24, 2.45) is 17.3 Å². The van der Waals surface area contributed by atoms with E-state index in [2.05, 4.69) is 101 Å². The van der Waals surface area contributed by atoms with Crippen LogP contribution in [0.15, 0.2) is 54.6 Å². The Bertz CT molecular complexity index is 1320. The lowest BCUT2D eigenvalue weighted by Gasteiger charge is -2.22. The first-order valence-electron chi connectivity index (χ1n) is 13.7. The minimum Gasteiger partial charge on any atom is -0.340 e. The number of carbonyl (C=O) groups excluding carboxylic acids is 1. The van der Waals surface area contributed by atoms with Crippen molar-refractivity contribution in [3.8, 4) is 0 Å². The van der Waals surface area contributed by atoms with E-state index in [0.717, 1.165) is 18.5 Å². The molecule has 2 unspecified atom stereocenters. The molecule has 0 aliphatic heterocycles. The number of nitrogens with zero attached hydrogens (tertiary/aromatic N) is 1. The predicted molar refractivity (Wildman–Crippen MR) is 152 cm³/mol. The van der Waals surface area contributed by atoms with Crippen LogP contribution in [0.2, 0.25) is 0 Å². The standard InChI is InChI=1S/C33H43NO/c1-7-9-12-24(8-2)22-34-30-18-16-26(31(35)19-23(3)21-33(4,5)6)20-29(30)28-17-15-25-13-10-11-14-27(25)32(28)34/h10-11,13-18,20,23-24H,7-9,12,19,21-22H2,1-6H3. The van der Waals surface area contributed by atoms with Crippen LogP contribution in [0.4, 0.5) is 0 Å². The van der Waals surface area contributed by atoms with Gasteiger partial charge in [0.15, 0.2) is 5.78 Å². The van der Waals surface area contributed by atoms with Crippen LogP contribution in [0, 0.1) is 17.3 Å². The van der Waals surface area contributed by atoms with Crippen molar-refractivity contribution in [3.05, 3.63) is 60.2 Å². The average Bonchev–Trinajstić information content (AvgIpc) is 3.13. The normalized spacial score (nSPS) is 14.1. The van der Waals surface area contributed by atoms with Crippen LogP contribution in [0.1, 0.15) is 90.4 Å². The fourth-order valence-corrected chi connectivity index (χ4v) is 5.96. The topological polar surface area (TPSA) is 22.0 Å². The Morgan fingerprint density at radius 1 is 0.943 bits per heavy atom. The van der Waals surface area contributed by atoms with Crippen LogP contribution in [0.5, 0.6) is 0 Å². The van der Waals surface area contributed by atoms with Crippen molar-refractivity contribution in [1.82, 2.24) is 4.57 Å². The monoisotopic (exact) mass is 469 g/mol. The highest BCUT2D eigenvalue weighted by Gasteiger charge is 2.21. The van der Waals surface area contributed by atoms with Gasteiger partial charge < -0.3 is 4.57 Å². The Morgan fingerprint density at radius 2 is 1.71 bits per heavy atom. The van der Waals surface area contributed by atoms with Crippen molar-refractivity contribution >= 4 is 38.4 Å². The number of carbonyl (C=O) groups is 1. The van der Waals surface area contributed by atoms with E-state index in [1.165, 1.54) is 58.3 Å². The van der Waals surface area contributed by atoms with Gasteiger partial charge in [0.05, 0.1) is 5.52 Å². The largest absolute Gasteiger partial charge is 0.340 e. The smallest absolute Gasteiger partial charge is 0.163 e. The Balaban J connectivity index is 1.81. The Kier molecular flexibility index (Phi) is 7.69. The molecule has 35 heavy (non-hydrogen) atoms. The number of ketones is 1. The van der Waals surface area contributed by atoms with Gasteiger partial charge in [0.25, 0.3) is 0 Å². The van der Waals surface area contributed by atoms with Crippen molar-refractivity contribution in [1.29, 1.82) is 0 Å². The first-order valence-corrected chi connectivity index (χ1v) is 13.7. The van der Waals surface area contributed by atoms with Gasteiger partial charge in [0, 0.05) is 40.2 Å². The summed E-state index contributed by atoms with van der Waals surface area (Å²) in [7, 11) is 0. The van der Waals surface area contributed by atoms with E-state index in [1.54, 1.807) is 0 Å². The summed E-state index contributed by atoms with van der Waals surface area (Å²) >= 11 is 0. The molecule has 2 heteroatoms. The van der Waals surface area contributed by atoms with E-state index in [0.29, 0.717) is 18.3 Å². The third kappa shape index (κ3) is 5.63. The van der Waals surface area contributed by atoms with E-state index in [4.69, 9.17) is 0 Å². The third-order valence-corrected chi connectivity index (χ3v) is 7.55. The van der Waals surface area contributed by atoms with Gasteiger partial charge in [-0.1, -0.05) is 97.2 Å². The lowest BCUT2D eigenvalue weighted by molar-refractivity contribution is 0.0954. The lowest BCUT2D eigenvalue weighted by atomic mass is 9.83. The van der Waals surface area contributed by atoms with Crippen molar-refractivity contribution < 1.29 is 4.79 Å². The molecule has 0 aliphatic rings. The van der Waals surface area contributed by atoms with Crippen molar-refractivity contribution in [3.63, 3.8) is 0 Å². The second-order valence-corrected chi connectivity index (χ2v) is 11.9. The summed E-state index contributed by atoms with van der Waals surface area (Å²) < 4.78 is 2.55. The first kappa shape index (κ1) is 25.5. The molecule has 3 aromatic carbocycles. The molecule has 0 spiro atoms. The fourth-order valence-electron chi connectivity index (χ4n) is 5.96. The number of rotatable bonds is 10. The predicted octanol–water partition coefficient (Wildman–Crippen LogP) is 9.81. The zero-order valence-corrected chi connectivity index (χ0v) is 22.7. The molecule has 0 bridgehead atoms. The van der Waals surface area contributed by atoms with E-state index < -0.39 is 0 Å². The molecule has 0 N–H and O–H groups in total. The van der Waals surface area contributed by atoms with Gasteiger partial charge in [0.1, 0.15) is 0 Å². The summed E-state index contributed by atoms with van der Waals surface area (Å²) in [5, 5.41) is 5.06.